The van der Waals surface area contributed by atoms with Crippen LogP contribution in [0.4, 0.5) is 4.39 Å². The van der Waals surface area contributed by atoms with E-state index in [2.05, 4.69) is 24.1 Å². The zero-order valence-electron chi connectivity index (χ0n) is 16.3. The fourth-order valence-corrected chi connectivity index (χ4v) is 3.11. The summed E-state index contributed by atoms with van der Waals surface area (Å²) in [6.07, 6.45) is 0. The molecule has 0 aliphatic carbocycles. The zero-order valence-corrected chi connectivity index (χ0v) is 16.3. The molecule has 0 aliphatic rings. The molecule has 146 valence electrons. The van der Waals surface area contributed by atoms with Gasteiger partial charge in [-0.15, -0.1) is 0 Å². The predicted molar refractivity (Wildman–Crippen MR) is 104 cm³/mol. The Kier molecular flexibility index (Phi) is 7.61. The first-order chi connectivity index (χ1) is 13.0. The van der Waals surface area contributed by atoms with Crippen LogP contribution in [0.15, 0.2) is 42.5 Å². The van der Waals surface area contributed by atoms with E-state index in [1.165, 1.54) is 25.3 Å². The van der Waals surface area contributed by atoms with Gasteiger partial charge in [0, 0.05) is 6.54 Å². The average molecular weight is 374 g/mol. The number of benzene rings is 2. The Bertz CT molecular complexity index is 763. The predicted octanol–water partition coefficient (Wildman–Crippen LogP) is 3.66. The number of hydrogen-bond acceptors (Lipinski definition) is 4. The first-order valence-corrected chi connectivity index (χ1v) is 9.03. The smallest absolute Gasteiger partial charge is 0.255 e. The third-order valence-corrected chi connectivity index (χ3v) is 4.59. The lowest BCUT2D eigenvalue weighted by Gasteiger charge is -2.30. The maximum absolute atomic E-state index is 13.6. The second-order valence-corrected chi connectivity index (χ2v) is 6.07. The summed E-state index contributed by atoms with van der Waals surface area (Å²) in [7, 11) is 3.09. The van der Waals surface area contributed by atoms with Gasteiger partial charge in [-0.3, -0.25) is 9.69 Å². The summed E-state index contributed by atoms with van der Waals surface area (Å²) >= 11 is 0. The zero-order chi connectivity index (χ0) is 19.8. The van der Waals surface area contributed by atoms with Crippen LogP contribution in [0, 0.1) is 5.82 Å². The molecule has 2 aromatic carbocycles. The van der Waals surface area contributed by atoms with Gasteiger partial charge in [0.1, 0.15) is 17.3 Å². The molecule has 1 unspecified atom stereocenters. The second kappa shape index (κ2) is 9.92. The fraction of sp³-hybridized carbons (Fsp3) is 0.381. The minimum absolute atomic E-state index is 0.0291. The van der Waals surface area contributed by atoms with Crippen LogP contribution in [0.2, 0.25) is 0 Å². The summed E-state index contributed by atoms with van der Waals surface area (Å²) in [5.74, 6) is 0.262. The number of nitrogens with zero attached hydrogens (tertiary/aromatic N) is 1. The van der Waals surface area contributed by atoms with Gasteiger partial charge in [-0.25, -0.2) is 4.39 Å². The molecule has 27 heavy (non-hydrogen) atoms. The van der Waals surface area contributed by atoms with Gasteiger partial charge in [0.25, 0.3) is 5.91 Å². The Balaban J connectivity index is 2.23. The third kappa shape index (κ3) is 5.20. The molecule has 1 atom stereocenters. The van der Waals surface area contributed by atoms with Gasteiger partial charge in [-0.2, -0.15) is 0 Å². The molecule has 0 heterocycles. The minimum Gasteiger partial charge on any atom is -0.497 e. The molecular weight excluding hydrogens is 347 g/mol. The topological polar surface area (TPSA) is 50.8 Å². The summed E-state index contributed by atoms with van der Waals surface area (Å²) in [6.45, 7) is 6.20. The van der Waals surface area contributed by atoms with Crippen molar-refractivity contribution in [3.8, 4) is 11.5 Å². The lowest BCUT2D eigenvalue weighted by Crippen LogP contribution is -2.38. The third-order valence-electron chi connectivity index (χ3n) is 4.59. The Morgan fingerprint density at radius 2 is 1.85 bits per heavy atom. The number of ether oxygens (including phenoxy) is 2. The first kappa shape index (κ1) is 20.7. The van der Waals surface area contributed by atoms with Crippen molar-refractivity contribution in [3.63, 3.8) is 0 Å². The van der Waals surface area contributed by atoms with E-state index in [0.29, 0.717) is 12.3 Å². The van der Waals surface area contributed by atoms with Crippen LogP contribution in [0.1, 0.15) is 35.8 Å². The largest absolute Gasteiger partial charge is 0.497 e. The lowest BCUT2D eigenvalue weighted by atomic mass is 10.0. The standard InChI is InChI=1S/C21H27FN2O3/c1-5-24(6-2)19(15-8-7-9-17(12-15)26-3)14-23-21(25)18-13-16(22)10-11-20(18)27-4/h7-13,19H,5-6,14H2,1-4H3,(H,23,25). The van der Waals surface area contributed by atoms with Gasteiger partial charge in [-0.05, 0) is 49.0 Å². The molecule has 0 aromatic heterocycles. The summed E-state index contributed by atoms with van der Waals surface area (Å²) in [5, 5.41) is 2.92. The molecule has 0 fully saturated rings. The summed E-state index contributed by atoms with van der Waals surface area (Å²) in [6, 6.07) is 11.7. The maximum Gasteiger partial charge on any atom is 0.255 e. The monoisotopic (exact) mass is 374 g/mol. The molecule has 2 aromatic rings. The summed E-state index contributed by atoms with van der Waals surface area (Å²) < 4.78 is 24.1. The molecule has 0 aliphatic heterocycles. The number of halogens is 1. The number of carbonyl (C=O) groups is 1. The number of methoxy groups -OCH3 is 2. The highest BCUT2D eigenvalue weighted by atomic mass is 19.1. The number of amides is 1. The average Bonchev–Trinajstić information content (AvgIpc) is 2.70. The molecule has 0 saturated heterocycles. The number of carbonyl (C=O) groups excluding carboxylic acids is 1. The summed E-state index contributed by atoms with van der Waals surface area (Å²) in [5.41, 5.74) is 1.23. The molecule has 2 rings (SSSR count). The number of likely N-dealkylation sites (N-methyl/N-ethyl adjacent to an activating group) is 1. The Labute approximate surface area is 160 Å². The Morgan fingerprint density at radius 1 is 1.11 bits per heavy atom. The van der Waals surface area contributed by atoms with Crippen molar-refractivity contribution >= 4 is 5.91 Å². The van der Waals surface area contributed by atoms with Crippen LogP contribution < -0.4 is 14.8 Å². The van der Waals surface area contributed by atoms with E-state index in [4.69, 9.17) is 9.47 Å². The van der Waals surface area contributed by atoms with Gasteiger partial charge < -0.3 is 14.8 Å². The molecular formula is C21H27FN2O3. The van der Waals surface area contributed by atoms with Crippen LogP contribution >= 0.6 is 0 Å². The highest BCUT2D eigenvalue weighted by Gasteiger charge is 2.21. The van der Waals surface area contributed by atoms with Gasteiger partial charge in [-0.1, -0.05) is 26.0 Å². The van der Waals surface area contributed by atoms with Crippen LogP contribution in [-0.2, 0) is 0 Å². The molecule has 5 nitrogen and oxygen atoms in total. The molecule has 0 spiro atoms. The van der Waals surface area contributed by atoms with E-state index in [1.54, 1.807) is 7.11 Å². The van der Waals surface area contributed by atoms with Crippen LogP contribution in [0.5, 0.6) is 11.5 Å². The van der Waals surface area contributed by atoms with E-state index in [1.807, 2.05) is 24.3 Å². The summed E-state index contributed by atoms with van der Waals surface area (Å²) in [4.78, 5) is 14.9. The molecule has 0 bridgehead atoms. The minimum atomic E-state index is -0.478. The maximum atomic E-state index is 13.6. The van der Waals surface area contributed by atoms with Crippen molar-refractivity contribution in [1.82, 2.24) is 10.2 Å². The highest BCUT2D eigenvalue weighted by Crippen LogP contribution is 2.24. The van der Waals surface area contributed by atoms with Crippen molar-refractivity contribution in [1.29, 1.82) is 0 Å². The van der Waals surface area contributed by atoms with Crippen LogP contribution in [0.3, 0.4) is 0 Å². The van der Waals surface area contributed by atoms with Gasteiger partial charge in [0.05, 0.1) is 25.8 Å². The normalized spacial score (nSPS) is 11.9. The number of hydrogen-bond donors (Lipinski definition) is 1. The van der Waals surface area contributed by atoms with Crippen LogP contribution in [-0.4, -0.2) is 44.7 Å². The molecule has 6 heteroatoms. The van der Waals surface area contributed by atoms with E-state index >= 15 is 0 Å². The Hall–Kier alpha value is -2.60. The van der Waals surface area contributed by atoms with Crippen molar-refractivity contribution < 1.29 is 18.7 Å². The Morgan fingerprint density at radius 3 is 2.48 bits per heavy atom. The van der Waals surface area contributed by atoms with E-state index in [-0.39, 0.29) is 17.5 Å². The van der Waals surface area contributed by atoms with Crippen molar-refractivity contribution in [2.24, 2.45) is 0 Å². The van der Waals surface area contributed by atoms with Crippen LogP contribution in [0.25, 0.3) is 0 Å². The van der Waals surface area contributed by atoms with Crippen molar-refractivity contribution in [2.75, 3.05) is 33.9 Å². The fourth-order valence-electron chi connectivity index (χ4n) is 3.11. The van der Waals surface area contributed by atoms with E-state index in [9.17, 15) is 9.18 Å². The van der Waals surface area contributed by atoms with Gasteiger partial charge in [0.15, 0.2) is 0 Å². The first-order valence-electron chi connectivity index (χ1n) is 9.03. The molecule has 0 saturated carbocycles. The van der Waals surface area contributed by atoms with E-state index in [0.717, 1.165) is 24.4 Å². The highest BCUT2D eigenvalue weighted by molar-refractivity contribution is 5.96. The molecule has 0 radical (unpaired) electrons. The number of rotatable bonds is 9. The molecule has 1 N–H and O–H groups in total. The van der Waals surface area contributed by atoms with Crippen molar-refractivity contribution in [2.45, 2.75) is 19.9 Å². The second-order valence-electron chi connectivity index (χ2n) is 6.07. The number of nitrogens with one attached hydrogen (secondary N) is 1. The molecule has 1 amide bonds. The quantitative estimate of drug-likeness (QED) is 0.728. The van der Waals surface area contributed by atoms with E-state index < -0.39 is 5.82 Å². The lowest BCUT2D eigenvalue weighted by molar-refractivity contribution is 0.0931. The SMILES string of the molecule is CCN(CC)C(CNC(=O)c1cc(F)ccc1OC)c1cccc(OC)c1. The van der Waals surface area contributed by atoms with Gasteiger partial charge in [0.2, 0.25) is 0 Å². The van der Waals surface area contributed by atoms with Gasteiger partial charge >= 0.3 is 0 Å². The van der Waals surface area contributed by atoms with Crippen molar-refractivity contribution in [3.05, 3.63) is 59.4 Å².